The number of nitrogens with one attached hydrogen (secondary N) is 1. The van der Waals surface area contributed by atoms with Crippen LogP contribution in [0.5, 0.6) is 5.75 Å². The van der Waals surface area contributed by atoms with Crippen LogP contribution in [0, 0.1) is 11.7 Å². The molecule has 186 valence electrons. The van der Waals surface area contributed by atoms with Crippen molar-refractivity contribution < 1.29 is 27.1 Å². The second-order valence-electron chi connectivity index (χ2n) is 8.40. The molecule has 1 unspecified atom stereocenters. The van der Waals surface area contributed by atoms with Gasteiger partial charge in [-0.05, 0) is 31.0 Å². The number of rotatable bonds is 11. The minimum absolute atomic E-state index is 0.195. The number of hydrogen-bond acceptors (Lipinski definition) is 5. The van der Waals surface area contributed by atoms with Crippen molar-refractivity contribution in [1.82, 2.24) is 10.2 Å². The second kappa shape index (κ2) is 11.8. The molecule has 2 rings (SSSR count). The average Bonchev–Trinajstić information content (AvgIpc) is 2.79. The zero-order chi connectivity index (χ0) is 25.5. The van der Waals surface area contributed by atoms with E-state index in [1.165, 1.54) is 49.3 Å². The van der Waals surface area contributed by atoms with Crippen LogP contribution in [-0.4, -0.2) is 57.6 Å². The molecule has 10 heteroatoms. The van der Waals surface area contributed by atoms with E-state index in [0.717, 1.165) is 10.6 Å². The first kappa shape index (κ1) is 27.1. The van der Waals surface area contributed by atoms with Gasteiger partial charge in [-0.1, -0.05) is 38.1 Å². The Morgan fingerprint density at radius 3 is 2.35 bits per heavy atom. The molecule has 0 spiro atoms. The molecule has 2 aromatic carbocycles. The Labute approximate surface area is 200 Å². The van der Waals surface area contributed by atoms with Crippen molar-refractivity contribution in [2.24, 2.45) is 5.92 Å². The Hall–Kier alpha value is -3.14. The molecule has 0 saturated carbocycles. The minimum atomic E-state index is -3.86. The highest BCUT2D eigenvalue weighted by Gasteiger charge is 2.30. The summed E-state index contributed by atoms with van der Waals surface area (Å²) in [4.78, 5) is 27.4. The Bertz CT molecular complexity index is 1110. The number of benzene rings is 2. The van der Waals surface area contributed by atoms with Crippen LogP contribution in [0.15, 0.2) is 48.5 Å². The molecule has 0 aliphatic rings. The summed E-state index contributed by atoms with van der Waals surface area (Å²) in [5, 5.41) is 2.77. The summed E-state index contributed by atoms with van der Waals surface area (Å²) in [5.74, 6) is -0.971. The van der Waals surface area contributed by atoms with Crippen molar-refractivity contribution in [3.05, 3.63) is 59.9 Å². The molecule has 1 N–H and O–H groups in total. The number of nitrogens with zero attached hydrogens (tertiary/aromatic N) is 2. The maximum absolute atomic E-state index is 14.4. The Morgan fingerprint density at radius 1 is 1.09 bits per heavy atom. The third-order valence-electron chi connectivity index (χ3n) is 5.17. The molecule has 2 aromatic rings. The molecule has 2 amide bonds. The van der Waals surface area contributed by atoms with Gasteiger partial charge in [0.25, 0.3) is 0 Å². The Kier molecular flexibility index (Phi) is 9.43. The van der Waals surface area contributed by atoms with Crippen LogP contribution in [0.3, 0.4) is 0 Å². The van der Waals surface area contributed by atoms with Crippen molar-refractivity contribution in [3.63, 3.8) is 0 Å². The lowest BCUT2D eigenvalue weighted by Crippen LogP contribution is -2.51. The van der Waals surface area contributed by atoms with Gasteiger partial charge in [-0.2, -0.15) is 0 Å². The molecule has 8 nitrogen and oxygen atoms in total. The number of amides is 2. The molecule has 0 bridgehead atoms. The quantitative estimate of drug-likeness (QED) is 0.519. The van der Waals surface area contributed by atoms with Gasteiger partial charge in [0.1, 0.15) is 24.2 Å². The van der Waals surface area contributed by atoms with Crippen molar-refractivity contribution in [2.45, 2.75) is 33.4 Å². The van der Waals surface area contributed by atoms with Crippen LogP contribution in [0.4, 0.5) is 10.1 Å². The molecule has 34 heavy (non-hydrogen) atoms. The van der Waals surface area contributed by atoms with E-state index < -0.39 is 40.2 Å². The highest BCUT2D eigenvalue weighted by Crippen LogP contribution is 2.24. The summed E-state index contributed by atoms with van der Waals surface area (Å²) in [6.45, 7) is 5.05. The van der Waals surface area contributed by atoms with Crippen LogP contribution >= 0.6 is 0 Å². The van der Waals surface area contributed by atoms with E-state index in [2.05, 4.69) is 5.32 Å². The van der Waals surface area contributed by atoms with Crippen LogP contribution in [0.1, 0.15) is 26.3 Å². The van der Waals surface area contributed by atoms with E-state index in [-0.39, 0.29) is 23.7 Å². The number of sulfonamides is 1. The number of carbonyl (C=O) groups excluding carboxylic acids is 2. The van der Waals surface area contributed by atoms with Crippen molar-refractivity contribution in [1.29, 1.82) is 0 Å². The van der Waals surface area contributed by atoms with Crippen molar-refractivity contribution >= 4 is 27.5 Å². The van der Waals surface area contributed by atoms with E-state index in [1.807, 2.05) is 13.8 Å². The number of carbonyl (C=O) groups is 2. The SMILES string of the molecule is COc1cccc(N(CC(=O)N(Cc2ccccc2F)C(C)C(=O)NCC(C)C)S(C)(=O)=O)c1. The molecule has 0 saturated heterocycles. The largest absolute Gasteiger partial charge is 0.497 e. The van der Waals surface area contributed by atoms with Gasteiger partial charge >= 0.3 is 0 Å². The van der Waals surface area contributed by atoms with Gasteiger partial charge in [0, 0.05) is 24.7 Å². The number of ether oxygens (including phenoxy) is 1. The second-order valence-corrected chi connectivity index (χ2v) is 10.3. The van der Waals surface area contributed by atoms with Crippen LogP contribution < -0.4 is 14.4 Å². The van der Waals surface area contributed by atoms with E-state index >= 15 is 0 Å². The number of hydrogen-bond donors (Lipinski definition) is 1. The normalized spacial score (nSPS) is 12.2. The molecular formula is C24H32FN3O5S. The number of methoxy groups -OCH3 is 1. The van der Waals surface area contributed by atoms with Crippen LogP contribution in [0.25, 0.3) is 0 Å². The molecule has 0 aromatic heterocycles. The fourth-order valence-corrected chi connectivity index (χ4v) is 4.07. The molecule has 0 aliphatic carbocycles. The third kappa shape index (κ3) is 7.44. The molecule has 0 aliphatic heterocycles. The number of halogens is 1. The Balaban J connectivity index is 2.39. The average molecular weight is 494 g/mol. The maximum atomic E-state index is 14.4. The zero-order valence-corrected chi connectivity index (χ0v) is 20.9. The van der Waals surface area contributed by atoms with Gasteiger partial charge in [-0.25, -0.2) is 12.8 Å². The summed E-state index contributed by atoms with van der Waals surface area (Å²) >= 11 is 0. The monoisotopic (exact) mass is 493 g/mol. The fourth-order valence-electron chi connectivity index (χ4n) is 3.22. The van der Waals surface area contributed by atoms with Gasteiger partial charge in [0.15, 0.2) is 0 Å². The molecular weight excluding hydrogens is 461 g/mol. The summed E-state index contributed by atoms with van der Waals surface area (Å²) in [7, 11) is -2.42. The predicted octanol–water partition coefficient (Wildman–Crippen LogP) is 2.79. The molecule has 0 fully saturated rings. The predicted molar refractivity (Wildman–Crippen MR) is 129 cm³/mol. The van der Waals surface area contributed by atoms with Gasteiger partial charge in [0.05, 0.1) is 19.1 Å². The lowest BCUT2D eigenvalue weighted by molar-refractivity contribution is -0.139. The van der Waals surface area contributed by atoms with Gasteiger partial charge in [-0.15, -0.1) is 0 Å². The fraction of sp³-hybridized carbons (Fsp3) is 0.417. The zero-order valence-electron chi connectivity index (χ0n) is 20.1. The summed E-state index contributed by atoms with van der Waals surface area (Å²) in [6.07, 6.45) is 0.986. The number of anilines is 1. The van der Waals surface area contributed by atoms with Crippen molar-refractivity contribution in [2.75, 3.05) is 30.8 Å². The topological polar surface area (TPSA) is 96.0 Å². The first-order valence-corrected chi connectivity index (χ1v) is 12.7. The van der Waals surface area contributed by atoms with Crippen LogP contribution in [-0.2, 0) is 26.2 Å². The lowest BCUT2D eigenvalue weighted by atomic mass is 10.1. The van der Waals surface area contributed by atoms with E-state index in [0.29, 0.717) is 12.3 Å². The van der Waals surface area contributed by atoms with Gasteiger partial charge < -0.3 is 15.0 Å². The van der Waals surface area contributed by atoms with E-state index in [1.54, 1.807) is 18.2 Å². The summed E-state index contributed by atoms with van der Waals surface area (Å²) < 4.78 is 45.6. The summed E-state index contributed by atoms with van der Waals surface area (Å²) in [6, 6.07) is 11.3. The lowest BCUT2D eigenvalue weighted by Gasteiger charge is -2.31. The smallest absolute Gasteiger partial charge is 0.244 e. The highest BCUT2D eigenvalue weighted by molar-refractivity contribution is 7.92. The van der Waals surface area contributed by atoms with Gasteiger partial charge in [0.2, 0.25) is 21.8 Å². The maximum Gasteiger partial charge on any atom is 0.244 e. The molecule has 0 heterocycles. The van der Waals surface area contributed by atoms with E-state index in [9.17, 15) is 22.4 Å². The first-order valence-electron chi connectivity index (χ1n) is 10.9. The standard InChI is InChI=1S/C24H32FN3O5S/c1-17(2)14-26-24(30)18(3)27(15-19-9-6-7-12-22(19)25)23(29)16-28(34(5,31)32)20-10-8-11-21(13-20)33-4/h6-13,17-18H,14-16H2,1-5H3,(H,26,30). The molecule has 0 radical (unpaired) electrons. The highest BCUT2D eigenvalue weighted by atomic mass is 32.2. The first-order chi connectivity index (χ1) is 15.9. The Morgan fingerprint density at radius 2 is 1.76 bits per heavy atom. The van der Waals surface area contributed by atoms with E-state index in [4.69, 9.17) is 4.74 Å². The third-order valence-corrected chi connectivity index (χ3v) is 6.31. The minimum Gasteiger partial charge on any atom is -0.497 e. The van der Waals surface area contributed by atoms with Gasteiger partial charge in [-0.3, -0.25) is 13.9 Å². The summed E-state index contributed by atoms with van der Waals surface area (Å²) in [5.41, 5.74) is 0.449. The van der Waals surface area contributed by atoms with Crippen LogP contribution in [0.2, 0.25) is 0 Å². The van der Waals surface area contributed by atoms with Crippen molar-refractivity contribution in [3.8, 4) is 5.75 Å². The molecule has 1 atom stereocenters.